The van der Waals surface area contributed by atoms with Crippen molar-refractivity contribution in [3.63, 3.8) is 0 Å². The van der Waals surface area contributed by atoms with Crippen molar-refractivity contribution in [1.29, 1.82) is 0 Å². The number of ketones is 1. The second kappa shape index (κ2) is 5.32. The van der Waals surface area contributed by atoms with Crippen LogP contribution in [0.5, 0.6) is 0 Å². The molecule has 0 radical (unpaired) electrons. The predicted molar refractivity (Wildman–Crippen MR) is 54.9 cm³/mol. The summed E-state index contributed by atoms with van der Waals surface area (Å²) >= 11 is 2.88. The average Bonchev–Trinajstić information content (AvgIpc) is 2.21. The van der Waals surface area contributed by atoms with E-state index in [1.165, 1.54) is 6.07 Å². The maximum absolute atomic E-state index is 13.4. The molecule has 0 atom stereocenters. The number of ether oxygens (including phenoxy) is 1. The summed E-state index contributed by atoms with van der Waals surface area (Å²) in [6, 6.07) is 2.24. The molecule has 0 aliphatic rings. The molecule has 2 nitrogen and oxygen atoms in total. The Labute approximate surface area is 94.4 Å². The second-order valence-electron chi connectivity index (χ2n) is 2.78. The van der Waals surface area contributed by atoms with Gasteiger partial charge in [0.25, 0.3) is 0 Å². The predicted octanol–water partition coefficient (Wildman–Crippen LogP) is 2.95. The summed E-state index contributed by atoms with van der Waals surface area (Å²) in [5, 5.41) is 0. The average molecular weight is 279 g/mol. The first-order chi connectivity index (χ1) is 7.07. The third-order valence-electron chi connectivity index (χ3n) is 1.76. The highest BCUT2D eigenvalue weighted by atomic mass is 79.9. The lowest BCUT2D eigenvalue weighted by Crippen LogP contribution is -2.13. The van der Waals surface area contributed by atoms with E-state index in [1.54, 1.807) is 6.92 Å². The van der Waals surface area contributed by atoms with E-state index in [4.69, 9.17) is 4.74 Å². The van der Waals surface area contributed by atoms with E-state index in [1.807, 2.05) is 0 Å². The van der Waals surface area contributed by atoms with Gasteiger partial charge in [0.05, 0.1) is 10.0 Å². The smallest absolute Gasteiger partial charge is 0.194 e. The monoisotopic (exact) mass is 278 g/mol. The topological polar surface area (TPSA) is 26.3 Å². The summed E-state index contributed by atoms with van der Waals surface area (Å²) < 4.78 is 31.4. The van der Waals surface area contributed by atoms with Gasteiger partial charge in [0, 0.05) is 6.61 Å². The molecule has 1 rings (SSSR count). The Bertz CT molecular complexity index is 380. The molecule has 1 aromatic carbocycles. The van der Waals surface area contributed by atoms with Gasteiger partial charge in [-0.15, -0.1) is 0 Å². The number of hydrogen-bond acceptors (Lipinski definition) is 2. The fourth-order valence-corrected chi connectivity index (χ4v) is 1.38. The summed E-state index contributed by atoms with van der Waals surface area (Å²) in [7, 11) is 0. The van der Waals surface area contributed by atoms with Gasteiger partial charge in [-0.05, 0) is 35.0 Å². The molecular weight excluding hydrogens is 270 g/mol. The summed E-state index contributed by atoms with van der Waals surface area (Å²) in [5.41, 5.74) is -0.558. The standard InChI is InChI=1S/C10H9BrF2O2/c1-2-15-5-8(14)9-7(12)4-3-6(11)10(9)13/h3-4H,2,5H2,1H3. The molecule has 0 saturated heterocycles. The molecule has 0 heterocycles. The largest absolute Gasteiger partial charge is 0.374 e. The van der Waals surface area contributed by atoms with Crippen molar-refractivity contribution in [3.05, 3.63) is 33.8 Å². The van der Waals surface area contributed by atoms with Crippen molar-refractivity contribution in [2.45, 2.75) is 6.92 Å². The molecule has 1 aromatic rings. The van der Waals surface area contributed by atoms with Gasteiger partial charge in [0.2, 0.25) is 0 Å². The molecule has 0 unspecified atom stereocenters. The third kappa shape index (κ3) is 2.82. The number of carbonyl (C=O) groups is 1. The molecule has 0 aromatic heterocycles. The van der Waals surface area contributed by atoms with Crippen LogP contribution in [0, 0.1) is 11.6 Å². The quantitative estimate of drug-likeness (QED) is 0.625. The van der Waals surface area contributed by atoms with E-state index >= 15 is 0 Å². The molecule has 5 heteroatoms. The van der Waals surface area contributed by atoms with Gasteiger partial charge >= 0.3 is 0 Å². The Morgan fingerprint density at radius 2 is 2.13 bits per heavy atom. The first-order valence-electron chi connectivity index (χ1n) is 4.32. The molecule has 0 N–H and O–H groups in total. The Hall–Kier alpha value is -0.810. The fourth-order valence-electron chi connectivity index (χ4n) is 1.05. The summed E-state index contributed by atoms with van der Waals surface area (Å²) in [4.78, 5) is 11.4. The van der Waals surface area contributed by atoms with Gasteiger partial charge in [-0.3, -0.25) is 4.79 Å². The van der Waals surface area contributed by atoms with E-state index in [0.717, 1.165) is 6.07 Å². The molecular formula is C10H9BrF2O2. The van der Waals surface area contributed by atoms with Crippen LogP contribution in [0.3, 0.4) is 0 Å². The summed E-state index contributed by atoms with van der Waals surface area (Å²) in [6.07, 6.45) is 0. The highest BCUT2D eigenvalue weighted by Crippen LogP contribution is 2.21. The molecule has 0 amide bonds. The number of halogens is 3. The Morgan fingerprint density at radius 1 is 1.47 bits per heavy atom. The summed E-state index contributed by atoms with van der Waals surface area (Å²) in [5.74, 6) is -2.46. The lowest BCUT2D eigenvalue weighted by atomic mass is 10.1. The molecule has 0 saturated carbocycles. The number of hydrogen-bond donors (Lipinski definition) is 0. The van der Waals surface area contributed by atoms with E-state index in [9.17, 15) is 13.6 Å². The fraction of sp³-hybridized carbons (Fsp3) is 0.300. The van der Waals surface area contributed by atoms with E-state index < -0.39 is 23.0 Å². The molecule has 82 valence electrons. The van der Waals surface area contributed by atoms with Crippen molar-refractivity contribution in [3.8, 4) is 0 Å². The van der Waals surface area contributed by atoms with Crippen molar-refractivity contribution < 1.29 is 18.3 Å². The summed E-state index contributed by atoms with van der Waals surface area (Å²) in [6.45, 7) is 1.70. The molecule has 0 spiro atoms. The normalized spacial score (nSPS) is 10.4. The zero-order valence-corrected chi connectivity index (χ0v) is 9.61. The number of Topliss-reactive ketones (excluding diaryl/α,β-unsaturated/α-hetero) is 1. The van der Waals surface area contributed by atoms with E-state index in [-0.39, 0.29) is 11.1 Å². The molecule has 0 aliphatic carbocycles. The molecule has 15 heavy (non-hydrogen) atoms. The SMILES string of the molecule is CCOCC(=O)c1c(F)ccc(Br)c1F. The second-order valence-corrected chi connectivity index (χ2v) is 3.63. The van der Waals surface area contributed by atoms with Gasteiger partial charge in [0.15, 0.2) is 11.6 Å². The first-order valence-corrected chi connectivity index (χ1v) is 5.11. The Balaban J connectivity index is 3.02. The van der Waals surface area contributed by atoms with Crippen LogP contribution in [0.15, 0.2) is 16.6 Å². The molecule has 0 fully saturated rings. The van der Waals surface area contributed by atoms with Crippen molar-refractivity contribution in [2.24, 2.45) is 0 Å². The van der Waals surface area contributed by atoms with Crippen molar-refractivity contribution in [2.75, 3.05) is 13.2 Å². The zero-order chi connectivity index (χ0) is 11.4. The maximum Gasteiger partial charge on any atom is 0.194 e. The molecule has 0 aliphatic heterocycles. The Kier molecular flexibility index (Phi) is 4.35. The van der Waals surface area contributed by atoms with Gasteiger partial charge < -0.3 is 4.74 Å². The van der Waals surface area contributed by atoms with Gasteiger partial charge in [-0.1, -0.05) is 0 Å². The minimum absolute atomic E-state index is 0.0590. The van der Waals surface area contributed by atoms with Crippen LogP contribution < -0.4 is 0 Å². The number of benzene rings is 1. The van der Waals surface area contributed by atoms with Crippen LogP contribution in [0.4, 0.5) is 8.78 Å². The van der Waals surface area contributed by atoms with Crippen molar-refractivity contribution in [1.82, 2.24) is 0 Å². The minimum atomic E-state index is -0.889. The van der Waals surface area contributed by atoms with E-state index in [2.05, 4.69) is 15.9 Å². The third-order valence-corrected chi connectivity index (χ3v) is 2.37. The minimum Gasteiger partial charge on any atom is -0.374 e. The van der Waals surface area contributed by atoms with Crippen LogP contribution >= 0.6 is 15.9 Å². The number of carbonyl (C=O) groups excluding carboxylic acids is 1. The van der Waals surface area contributed by atoms with Crippen LogP contribution in [-0.2, 0) is 4.74 Å². The highest BCUT2D eigenvalue weighted by molar-refractivity contribution is 9.10. The van der Waals surface area contributed by atoms with Crippen LogP contribution in [0.25, 0.3) is 0 Å². The van der Waals surface area contributed by atoms with Gasteiger partial charge in [0.1, 0.15) is 12.4 Å². The van der Waals surface area contributed by atoms with Gasteiger partial charge in [-0.25, -0.2) is 8.78 Å². The van der Waals surface area contributed by atoms with Crippen LogP contribution in [-0.4, -0.2) is 19.0 Å². The van der Waals surface area contributed by atoms with Crippen LogP contribution in [0.1, 0.15) is 17.3 Å². The lowest BCUT2D eigenvalue weighted by Gasteiger charge is -2.05. The van der Waals surface area contributed by atoms with Crippen molar-refractivity contribution >= 4 is 21.7 Å². The Morgan fingerprint density at radius 3 is 2.73 bits per heavy atom. The van der Waals surface area contributed by atoms with Gasteiger partial charge in [-0.2, -0.15) is 0 Å². The molecule has 0 bridgehead atoms. The van der Waals surface area contributed by atoms with E-state index in [0.29, 0.717) is 6.61 Å². The maximum atomic E-state index is 13.4. The highest BCUT2D eigenvalue weighted by Gasteiger charge is 2.19. The zero-order valence-electron chi connectivity index (χ0n) is 8.02. The first kappa shape index (κ1) is 12.3. The lowest BCUT2D eigenvalue weighted by molar-refractivity contribution is 0.0774. The van der Waals surface area contributed by atoms with Crippen LogP contribution in [0.2, 0.25) is 0 Å². The number of rotatable bonds is 4.